The molecule has 1 amide bonds. The Kier molecular flexibility index (Phi) is 4.82. The number of benzene rings is 2. The number of nitrogens with two attached hydrogens (primary N) is 1. The molecule has 2 rings (SSSR count). The van der Waals surface area contributed by atoms with Gasteiger partial charge in [0.15, 0.2) is 0 Å². The summed E-state index contributed by atoms with van der Waals surface area (Å²) >= 11 is 10.1. The molecule has 0 aromatic heterocycles. The van der Waals surface area contributed by atoms with Gasteiger partial charge < -0.3 is 11.1 Å². The molecule has 0 aliphatic heterocycles. The number of carbonyl (C=O) groups excluding carboxylic acids is 1. The molecule has 0 saturated heterocycles. The van der Waals surface area contributed by atoms with E-state index in [0.717, 1.165) is 10.5 Å². The van der Waals surface area contributed by atoms with Gasteiger partial charge in [-0.25, -0.2) is 4.39 Å². The molecule has 0 spiro atoms. The second-order valence-corrected chi connectivity index (χ2v) is 6.55. The van der Waals surface area contributed by atoms with E-state index < -0.39 is 11.7 Å². The molecule has 0 bridgehead atoms. The molecule has 0 fully saturated rings. The van der Waals surface area contributed by atoms with Crippen LogP contribution in [0.1, 0.15) is 10.4 Å². The number of amides is 1. The van der Waals surface area contributed by atoms with Crippen molar-refractivity contribution in [3.8, 4) is 0 Å². The first-order valence-electron chi connectivity index (χ1n) is 5.39. The highest BCUT2D eigenvalue weighted by Gasteiger charge is 2.14. The van der Waals surface area contributed by atoms with Crippen LogP contribution in [0.2, 0.25) is 0 Å². The van der Waals surface area contributed by atoms with Crippen molar-refractivity contribution in [3.63, 3.8) is 0 Å². The van der Waals surface area contributed by atoms with Gasteiger partial charge in [-0.2, -0.15) is 0 Å². The number of anilines is 2. The lowest BCUT2D eigenvalue weighted by molar-refractivity contribution is 0.102. The molecule has 0 aliphatic rings. The van der Waals surface area contributed by atoms with E-state index in [0.29, 0.717) is 14.6 Å². The molecule has 0 heterocycles. The number of nitrogen functional groups attached to an aromatic ring is 1. The van der Waals surface area contributed by atoms with Crippen molar-refractivity contribution in [1.82, 2.24) is 0 Å². The molecule has 0 radical (unpaired) electrons. The Hall–Kier alpha value is -0.920. The maximum absolute atomic E-state index is 13.0. The Labute approximate surface area is 140 Å². The van der Waals surface area contributed by atoms with Gasteiger partial charge in [-0.15, -0.1) is 0 Å². The summed E-state index contributed by atoms with van der Waals surface area (Å²) in [6.45, 7) is 0. The van der Waals surface area contributed by atoms with E-state index in [-0.39, 0.29) is 11.3 Å². The van der Waals surface area contributed by atoms with Crippen LogP contribution in [0.5, 0.6) is 0 Å². The average molecular weight is 467 g/mol. The van der Waals surface area contributed by atoms with Crippen LogP contribution in [0.3, 0.4) is 0 Å². The quantitative estimate of drug-likeness (QED) is 0.615. The Bertz CT molecular complexity index is 668. The fourth-order valence-corrected chi connectivity index (χ4v) is 4.04. The first kappa shape index (κ1) is 15.5. The normalized spacial score (nSPS) is 10.4. The van der Waals surface area contributed by atoms with E-state index in [1.54, 1.807) is 12.1 Å². The molecule has 20 heavy (non-hydrogen) atoms. The van der Waals surface area contributed by atoms with Crippen molar-refractivity contribution in [2.45, 2.75) is 0 Å². The van der Waals surface area contributed by atoms with Gasteiger partial charge in [-0.3, -0.25) is 4.79 Å². The van der Waals surface area contributed by atoms with Crippen molar-refractivity contribution in [2.24, 2.45) is 0 Å². The van der Waals surface area contributed by atoms with Crippen LogP contribution in [0.15, 0.2) is 43.7 Å². The van der Waals surface area contributed by atoms with Crippen molar-refractivity contribution in [3.05, 3.63) is 55.1 Å². The highest BCUT2D eigenvalue weighted by Crippen LogP contribution is 2.34. The molecule has 3 N–H and O–H groups in total. The van der Waals surface area contributed by atoms with Crippen LogP contribution in [-0.4, -0.2) is 5.91 Å². The van der Waals surface area contributed by atoms with Crippen molar-refractivity contribution in [2.75, 3.05) is 11.1 Å². The third kappa shape index (κ3) is 3.39. The van der Waals surface area contributed by atoms with Crippen LogP contribution in [-0.2, 0) is 0 Å². The first-order valence-corrected chi connectivity index (χ1v) is 7.77. The number of nitrogens with one attached hydrogen (secondary N) is 1. The van der Waals surface area contributed by atoms with Crippen LogP contribution >= 0.6 is 47.8 Å². The topological polar surface area (TPSA) is 55.1 Å². The lowest BCUT2D eigenvalue weighted by atomic mass is 10.1. The van der Waals surface area contributed by atoms with E-state index in [9.17, 15) is 9.18 Å². The zero-order valence-electron chi connectivity index (χ0n) is 9.88. The van der Waals surface area contributed by atoms with Crippen LogP contribution in [0.25, 0.3) is 0 Å². The molecule has 0 aliphatic carbocycles. The highest BCUT2D eigenvalue weighted by atomic mass is 79.9. The fraction of sp³-hybridized carbons (Fsp3) is 0. The van der Waals surface area contributed by atoms with Crippen molar-refractivity contribution in [1.29, 1.82) is 0 Å². The summed E-state index contributed by atoms with van der Waals surface area (Å²) in [5, 5.41) is 2.73. The number of carbonyl (C=O) groups is 1. The van der Waals surface area contributed by atoms with Gasteiger partial charge in [0.05, 0.1) is 11.3 Å². The number of hydrogen-bond donors (Lipinski definition) is 2. The predicted octanol–water partition coefficient (Wildman–Crippen LogP) is 4.95. The standard InChI is InChI=1S/C13H8Br3FN2O/c14-6-3-9(15)12(10(16)4-6)19-13(20)8-2-1-7(17)5-11(8)18/h1-5H,18H2,(H,19,20). The van der Waals surface area contributed by atoms with Crippen LogP contribution < -0.4 is 11.1 Å². The van der Waals surface area contributed by atoms with Crippen molar-refractivity contribution < 1.29 is 9.18 Å². The maximum atomic E-state index is 13.0. The first-order chi connectivity index (χ1) is 9.38. The average Bonchev–Trinajstić information content (AvgIpc) is 2.33. The van der Waals surface area contributed by atoms with Gasteiger partial charge in [-0.05, 0) is 62.2 Å². The molecule has 0 atom stereocenters. The maximum Gasteiger partial charge on any atom is 0.257 e. The summed E-state index contributed by atoms with van der Waals surface area (Å²) < 4.78 is 15.2. The van der Waals surface area contributed by atoms with Crippen LogP contribution in [0, 0.1) is 5.82 Å². The second kappa shape index (κ2) is 6.24. The molecule has 3 nitrogen and oxygen atoms in total. The molecule has 104 valence electrons. The van der Waals surface area contributed by atoms with Gasteiger partial charge >= 0.3 is 0 Å². The number of hydrogen-bond acceptors (Lipinski definition) is 2. The summed E-state index contributed by atoms with van der Waals surface area (Å²) in [5.74, 6) is -0.892. The monoisotopic (exact) mass is 464 g/mol. The lowest BCUT2D eigenvalue weighted by Crippen LogP contribution is -2.15. The zero-order valence-corrected chi connectivity index (χ0v) is 14.6. The number of rotatable bonds is 2. The minimum atomic E-state index is -0.481. The van der Waals surface area contributed by atoms with Crippen LogP contribution in [0.4, 0.5) is 15.8 Å². The third-order valence-corrected chi connectivity index (χ3v) is 4.21. The molecule has 2 aromatic carbocycles. The lowest BCUT2D eigenvalue weighted by Gasteiger charge is -2.11. The Morgan fingerprint density at radius 1 is 1.10 bits per heavy atom. The summed E-state index contributed by atoms with van der Waals surface area (Å²) in [6, 6.07) is 7.25. The molecule has 7 heteroatoms. The van der Waals surface area contributed by atoms with Gasteiger partial charge in [0, 0.05) is 19.1 Å². The fourth-order valence-electron chi connectivity index (χ4n) is 1.58. The predicted molar refractivity (Wildman–Crippen MR) is 88.3 cm³/mol. The van der Waals surface area contributed by atoms with E-state index in [1.807, 2.05) is 0 Å². The Morgan fingerprint density at radius 3 is 2.25 bits per heavy atom. The minimum Gasteiger partial charge on any atom is -0.398 e. The van der Waals surface area contributed by atoms with Gasteiger partial charge in [0.25, 0.3) is 5.91 Å². The summed E-state index contributed by atoms with van der Waals surface area (Å²) in [5.41, 5.74) is 6.52. The summed E-state index contributed by atoms with van der Waals surface area (Å²) in [7, 11) is 0. The summed E-state index contributed by atoms with van der Waals surface area (Å²) in [6.07, 6.45) is 0. The molecule has 0 unspecified atom stereocenters. The zero-order chi connectivity index (χ0) is 14.9. The van der Waals surface area contributed by atoms with E-state index in [1.165, 1.54) is 12.1 Å². The molecule has 0 saturated carbocycles. The minimum absolute atomic E-state index is 0.0897. The third-order valence-electron chi connectivity index (χ3n) is 2.50. The number of halogens is 4. The van der Waals surface area contributed by atoms with Gasteiger partial charge in [-0.1, -0.05) is 15.9 Å². The van der Waals surface area contributed by atoms with E-state index in [2.05, 4.69) is 53.1 Å². The highest BCUT2D eigenvalue weighted by molar-refractivity contribution is 9.11. The molecule has 2 aromatic rings. The van der Waals surface area contributed by atoms with E-state index in [4.69, 9.17) is 5.73 Å². The Balaban J connectivity index is 2.33. The van der Waals surface area contributed by atoms with Gasteiger partial charge in [0.1, 0.15) is 5.82 Å². The largest absolute Gasteiger partial charge is 0.398 e. The van der Waals surface area contributed by atoms with E-state index >= 15 is 0 Å². The molecular formula is C13H8Br3FN2O. The van der Waals surface area contributed by atoms with Crippen molar-refractivity contribution >= 4 is 65.1 Å². The second-order valence-electron chi connectivity index (χ2n) is 3.93. The Morgan fingerprint density at radius 2 is 1.70 bits per heavy atom. The SMILES string of the molecule is Nc1cc(F)ccc1C(=O)Nc1c(Br)cc(Br)cc1Br. The summed E-state index contributed by atoms with van der Waals surface area (Å²) in [4.78, 5) is 12.2. The smallest absolute Gasteiger partial charge is 0.257 e. The molecular weight excluding hydrogens is 459 g/mol. The van der Waals surface area contributed by atoms with Gasteiger partial charge in [0.2, 0.25) is 0 Å².